The van der Waals surface area contributed by atoms with Crippen LogP contribution in [0.2, 0.25) is 0 Å². The number of benzene rings is 1. The van der Waals surface area contributed by atoms with Gasteiger partial charge in [-0.15, -0.1) is 0 Å². The van der Waals surface area contributed by atoms with E-state index in [1.807, 2.05) is 12.1 Å². The highest BCUT2D eigenvalue weighted by Crippen LogP contribution is 2.46. The van der Waals surface area contributed by atoms with Crippen molar-refractivity contribution in [2.45, 2.75) is 25.9 Å². The van der Waals surface area contributed by atoms with Crippen LogP contribution in [-0.2, 0) is 19.1 Å². The summed E-state index contributed by atoms with van der Waals surface area (Å²) in [6.07, 6.45) is 1.79. The van der Waals surface area contributed by atoms with Gasteiger partial charge in [0.1, 0.15) is 17.6 Å². The molecule has 0 aromatic heterocycles. The molecular formula is C17H16O5. The van der Waals surface area contributed by atoms with Crippen molar-refractivity contribution in [2.24, 2.45) is 11.8 Å². The van der Waals surface area contributed by atoms with Crippen LogP contribution in [0.1, 0.15) is 19.8 Å². The zero-order valence-corrected chi connectivity index (χ0v) is 12.2. The minimum atomic E-state index is -0.389. The van der Waals surface area contributed by atoms with Crippen molar-refractivity contribution < 1.29 is 23.9 Å². The number of ether oxygens (including phenoxy) is 2. The molecule has 2 aliphatic carbocycles. The maximum atomic E-state index is 12.0. The fraction of sp³-hybridized carbons (Fsp3) is 0.353. The van der Waals surface area contributed by atoms with E-state index in [4.69, 9.17) is 9.47 Å². The molecule has 1 aromatic rings. The Morgan fingerprint density at radius 1 is 1.23 bits per heavy atom. The van der Waals surface area contributed by atoms with Crippen molar-refractivity contribution in [3.63, 3.8) is 0 Å². The number of fused-ring (bicyclic) bond motifs is 1. The molecule has 3 unspecified atom stereocenters. The van der Waals surface area contributed by atoms with E-state index in [0.717, 1.165) is 5.57 Å². The molecule has 5 heteroatoms. The van der Waals surface area contributed by atoms with Crippen LogP contribution in [0.4, 0.5) is 0 Å². The second-order valence-corrected chi connectivity index (χ2v) is 5.58. The number of esters is 2. The molecule has 114 valence electrons. The van der Waals surface area contributed by atoms with Gasteiger partial charge in [0, 0.05) is 25.2 Å². The van der Waals surface area contributed by atoms with E-state index >= 15 is 0 Å². The summed E-state index contributed by atoms with van der Waals surface area (Å²) in [5.74, 6) is -0.646. The van der Waals surface area contributed by atoms with E-state index in [1.165, 1.54) is 6.92 Å². The highest BCUT2D eigenvalue weighted by atomic mass is 16.5. The molecule has 22 heavy (non-hydrogen) atoms. The molecule has 0 saturated heterocycles. The van der Waals surface area contributed by atoms with Gasteiger partial charge in [0.25, 0.3) is 0 Å². The number of carbonyl (C=O) groups is 3. The molecule has 0 aliphatic heterocycles. The fourth-order valence-electron chi connectivity index (χ4n) is 3.11. The minimum Gasteiger partial charge on any atom is -0.461 e. The first-order valence-corrected chi connectivity index (χ1v) is 7.21. The van der Waals surface area contributed by atoms with Gasteiger partial charge in [0.15, 0.2) is 0 Å². The maximum absolute atomic E-state index is 12.0. The van der Waals surface area contributed by atoms with E-state index in [-0.39, 0.29) is 48.5 Å². The third-order valence-electron chi connectivity index (χ3n) is 4.01. The van der Waals surface area contributed by atoms with E-state index in [9.17, 15) is 14.4 Å². The zero-order valence-electron chi connectivity index (χ0n) is 12.2. The van der Waals surface area contributed by atoms with Crippen molar-refractivity contribution in [3.8, 4) is 5.75 Å². The number of hydrogen-bond acceptors (Lipinski definition) is 5. The van der Waals surface area contributed by atoms with Gasteiger partial charge in [-0.3, -0.25) is 14.4 Å². The van der Waals surface area contributed by atoms with Crippen LogP contribution in [-0.4, -0.2) is 23.8 Å². The van der Waals surface area contributed by atoms with E-state index in [2.05, 4.69) is 0 Å². The van der Waals surface area contributed by atoms with Gasteiger partial charge in [-0.25, -0.2) is 0 Å². The van der Waals surface area contributed by atoms with Crippen LogP contribution in [0.3, 0.4) is 0 Å². The summed E-state index contributed by atoms with van der Waals surface area (Å²) in [5.41, 5.74) is 0.769. The first kappa shape index (κ1) is 14.5. The summed E-state index contributed by atoms with van der Waals surface area (Å²) in [5, 5.41) is 0. The molecule has 0 radical (unpaired) electrons. The standard InChI is InChI=1S/C17H16O5/c1-10(18)21-15-9-14(19)17-11(7-13(15)17)8-16(20)22-12-5-3-2-4-6-12/h2-7,13,15,17H,8-9H2,1H3. The van der Waals surface area contributed by atoms with E-state index < -0.39 is 0 Å². The third-order valence-corrected chi connectivity index (χ3v) is 4.01. The molecule has 0 spiro atoms. The molecule has 1 fully saturated rings. The monoisotopic (exact) mass is 300 g/mol. The first-order chi connectivity index (χ1) is 10.5. The summed E-state index contributed by atoms with van der Waals surface area (Å²) >= 11 is 0. The molecule has 3 rings (SSSR count). The van der Waals surface area contributed by atoms with Gasteiger partial charge in [0.2, 0.25) is 0 Å². The van der Waals surface area contributed by atoms with Crippen molar-refractivity contribution >= 4 is 17.7 Å². The molecule has 3 atom stereocenters. The number of para-hydroxylation sites is 1. The molecule has 1 saturated carbocycles. The largest absolute Gasteiger partial charge is 0.461 e. The Bertz CT molecular complexity index is 646. The van der Waals surface area contributed by atoms with Gasteiger partial charge >= 0.3 is 11.9 Å². The predicted molar refractivity (Wildman–Crippen MR) is 76.9 cm³/mol. The average Bonchev–Trinajstić information content (AvgIpc) is 2.66. The molecule has 5 nitrogen and oxygen atoms in total. The van der Waals surface area contributed by atoms with Crippen LogP contribution in [0.5, 0.6) is 5.75 Å². The van der Waals surface area contributed by atoms with Gasteiger partial charge in [-0.2, -0.15) is 0 Å². The van der Waals surface area contributed by atoms with Crippen LogP contribution in [0.25, 0.3) is 0 Å². The summed E-state index contributed by atoms with van der Waals surface area (Å²) in [4.78, 5) is 34.9. The number of carbonyl (C=O) groups excluding carboxylic acids is 3. The highest BCUT2D eigenvalue weighted by Gasteiger charge is 2.50. The quantitative estimate of drug-likeness (QED) is 0.483. The van der Waals surface area contributed by atoms with Crippen molar-refractivity contribution in [1.29, 1.82) is 0 Å². The lowest BCUT2D eigenvalue weighted by Crippen LogP contribution is -2.32. The SMILES string of the molecule is CC(=O)OC1CC(=O)C2C(CC(=O)Oc3ccccc3)=CC12. The van der Waals surface area contributed by atoms with Crippen molar-refractivity contribution in [3.05, 3.63) is 42.0 Å². The lowest BCUT2D eigenvalue weighted by Gasteiger charge is -2.31. The van der Waals surface area contributed by atoms with Crippen molar-refractivity contribution in [1.82, 2.24) is 0 Å². The summed E-state index contributed by atoms with van der Waals surface area (Å²) < 4.78 is 10.4. The Morgan fingerprint density at radius 3 is 2.64 bits per heavy atom. The molecular weight excluding hydrogens is 284 g/mol. The first-order valence-electron chi connectivity index (χ1n) is 7.21. The Balaban J connectivity index is 1.61. The Kier molecular flexibility index (Phi) is 3.79. The van der Waals surface area contributed by atoms with Gasteiger partial charge in [-0.1, -0.05) is 29.8 Å². The number of hydrogen-bond donors (Lipinski definition) is 0. The molecule has 2 aliphatic rings. The van der Waals surface area contributed by atoms with E-state index in [0.29, 0.717) is 5.75 Å². The number of ketones is 1. The molecule has 0 N–H and O–H groups in total. The van der Waals surface area contributed by atoms with Crippen LogP contribution in [0, 0.1) is 11.8 Å². The van der Waals surface area contributed by atoms with Crippen LogP contribution >= 0.6 is 0 Å². The average molecular weight is 300 g/mol. The normalized spacial score (nSPS) is 25.8. The van der Waals surface area contributed by atoms with Gasteiger partial charge in [-0.05, 0) is 12.1 Å². The molecule has 0 bridgehead atoms. The smallest absolute Gasteiger partial charge is 0.315 e. The van der Waals surface area contributed by atoms with E-state index in [1.54, 1.807) is 24.3 Å². The fourth-order valence-corrected chi connectivity index (χ4v) is 3.11. The second-order valence-electron chi connectivity index (χ2n) is 5.58. The Morgan fingerprint density at radius 2 is 1.95 bits per heavy atom. The third kappa shape index (κ3) is 2.79. The molecule has 0 amide bonds. The molecule has 0 heterocycles. The summed E-state index contributed by atoms with van der Waals surface area (Å²) in [6, 6.07) is 8.81. The lowest BCUT2D eigenvalue weighted by atomic mass is 9.74. The Labute approximate surface area is 127 Å². The minimum absolute atomic E-state index is 0.0289. The highest BCUT2D eigenvalue weighted by molar-refractivity contribution is 5.91. The number of rotatable bonds is 4. The Hall–Kier alpha value is -2.43. The topological polar surface area (TPSA) is 69.7 Å². The summed E-state index contributed by atoms with van der Waals surface area (Å²) in [7, 11) is 0. The lowest BCUT2D eigenvalue weighted by molar-refractivity contribution is -0.147. The predicted octanol–water partition coefficient (Wildman–Crippen LogP) is 2.06. The maximum Gasteiger partial charge on any atom is 0.315 e. The van der Waals surface area contributed by atoms with Crippen LogP contribution in [0.15, 0.2) is 42.0 Å². The van der Waals surface area contributed by atoms with Gasteiger partial charge in [0.05, 0.1) is 6.42 Å². The molecule has 1 aromatic carbocycles. The van der Waals surface area contributed by atoms with Crippen molar-refractivity contribution in [2.75, 3.05) is 0 Å². The number of Topliss-reactive ketones (excluding diaryl/α,β-unsaturated/α-hetero) is 1. The van der Waals surface area contributed by atoms with Gasteiger partial charge < -0.3 is 9.47 Å². The van der Waals surface area contributed by atoms with Crippen LogP contribution < -0.4 is 4.74 Å². The zero-order chi connectivity index (χ0) is 15.7. The second kappa shape index (κ2) is 5.75. The summed E-state index contributed by atoms with van der Waals surface area (Å²) in [6.45, 7) is 1.33.